The standard InChI is InChI=1S/C24H26F3N3O2/c1-13(16-5-4-6-17(22(16)25)23(26)27)28-24-19-12-21(31-3)18(15-7-9-32-10-8-15)11-20(19)29-14(2)30-24/h4-6,11-13,15,23H,7-10H2,1-3H3,(H,28,29,30)/t13-/m1/s1. The molecule has 1 aliphatic rings. The highest BCUT2D eigenvalue weighted by Gasteiger charge is 2.23. The first kappa shape index (κ1) is 22.3. The molecule has 1 aromatic heterocycles. The van der Waals surface area contributed by atoms with E-state index >= 15 is 0 Å². The SMILES string of the molecule is COc1cc2c(N[C@H](C)c3cccc(C(F)F)c3F)nc(C)nc2cc1C1CCOCC1. The average molecular weight is 445 g/mol. The maximum absolute atomic E-state index is 14.7. The monoisotopic (exact) mass is 445 g/mol. The van der Waals surface area contributed by atoms with Crippen LogP contribution in [0.15, 0.2) is 30.3 Å². The van der Waals surface area contributed by atoms with Crippen molar-refractivity contribution in [2.45, 2.75) is 45.1 Å². The van der Waals surface area contributed by atoms with E-state index in [0.717, 1.165) is 41.1 Å². The summed E-state index contributed by atoms with van der Waals surface area (Å²) in [6, 6.07) is 7.35. The summed E-state index contributed by atoms with van der Waals surface area (Å²) in [7, 11) is 1.62. The van der Waals surface area contributed by atoms with Crippen LogP contribution in [0.2, 0.25) is 0 Å². The molecule has 0 aliphatic carbocycles. The maximum atomic E-state index is 14.7. The van der Waals surface area contributed by atoms with Crippen molar-refractivity contribution in [1.82, 2.24) is 9.97 Å². The molecule has 1 fully saturated rings. The fraction of sp³-hybridized carbons (Fsp3) is 0.417. The molecule has 0 radical (unpaired) electrons. The van der Waals surface area contributed by atoms with Gasteiger partial charge in [0.1, 0.15) is 23.2 Å². The molecular weight excluding hydrogens is 419 g/mol. The second-order valence-electron chi connectivity index (χ2n) is 8.03. The van der Waals surface area contributed by atoms with Gasteiger partial charge in [-0.25, -0.2) is 23.1 Å². The van der Waals surface area contributed by atoms with Crippen molar-refractivity contribution in [3.05, 3.63) is 58.7 Å². The molecule has 0 spiro atoms. The molecule has 32 heavy (non-hydrogen) atoms. The highest BCUT2D eigenvalue weighted by Crippen LogP contribution is 2.38. The summed E-state index contributed by atoms with van der Waals surface area (Å²) in [5, 5.41) is 3.91. The van der Waals surface area contributed by atoms with Gasteiger partial charge in [-0.05, 0) is 50.3 Å². The van der Waals surface area contributed by atoms with Gasteiger partial charge in [0.15, 0.2) is 0 Å². The number of fused-ring (bicyclic) bond motifs is 1. The minimum Gasteiger partial charge on any atom is -0.496 e. The molecule has 0 amide bonds. The summed E-state index contributed by atoms with van der Waals surface area (Å²) in [5.41, 5.74) is 1.37. The van der Waals surface area contributed by atoms with E-state index < -0.39 is 23.8 Å². The Kier molecular flexibility index (Phi) is 6.50. The quantitative estimate of drug-likeness (QED) is 0.498. The van der Waals surface area contributed by atoms with Crippen LogP contribution >= 0.6 is 0 Å². The zero-order chi connectivity index (χ0) is 22.8. The van der Waals surface area contributed by atoms with Crippen LogP contribution in [-0.2, 0) is 4.74 Å². The molecule has 2 aromatic carbocycles. The van der Waals surface area contributed by atoms with E-state index in [0.29, 0.717) is 30.8 Å². The summed E-state index contributed by atoms with van der Waals surface area (Å²) in [6.45, 7) is 4.92. The number of ether oxygens (including phenoxy) is 2. The predicted octanol–water partition coefficient (Wildman–Crippen LogP) is 6.09. The first-order chi connectivity index (χ1) is 15.4. The lowest BCUT2D eigenvalue weighted by molar-refractivity contribution is 0.0848. The van der Waals surface area contributed by atoms with Crippen LogP contribution in [0.1, 0.15) is 60.7 Å². The Morgan fingerprint density at radius 1 is 1.12 bits per heavy atom. The van der Waals surface area contributed by atoms with E-state index in [1.165, 1.54) is 12.1 Å². The van der Waals surface area contributed by atoms with Gasteiger partial charge in [-0.2, -0.15) is 0 Å². The minimum atomic E-state index is -2.88. The smallest absolute Gasteiger partial charge is 0.266 e. The molecule has 0 unspecified atom stereocenters. The molecule has 3 aromatic rings. The fourth-order valence-electron chi connectivity index (χ4n) is 4.26. The molecule has 2 heterocycles. The molecule has 0 saturated carbocycles. The van der Waals surface area contributed by atoms with E-state index in [-0.39, 0.29) is 5.56 Å². The molecule has 0 bridgehead atoms. The third kappa shape index (κ3) is 4.37. The highest BCUT2D eigenvalue weighted by molar-refractivity contribution is 5.91. The lowest BCUT2D eigenvalue weighted by atomic mass is 9.90. The number of anilines is 1. The number of hydrogen-bond acceptors (Lipinski definition) is 5. The number of halogens is 3. The zero-order valence-corrected chi connectivity index (χ0v) is 18.3. The summed E-state index contributed by atoms with van der Waals surface area (Å²) in [4.78, 5) is 9.09. The molecule has 5 nitrogen and oxygen atoms in total. The lowest BCUT2D eigenvalue weighted by Crippen LogP contribution is -2.15. The molecule has 1 N–H and O–H groups in total. The van der Waals surface area contributed by atoms with Crippen molar-refractivity contribution in [3.8, 4) is 5.75 Å². The Morgan fingerprint density at radius 2 is 1.84 bits per heavy atom. The van der Waals surface area contributed by atoms with Crippen LogP contribution in [0.5, 0.6) is 5.75 Å². The van der Waals surface area contributed by atoms with Crippen LogP contribution in [0.3, 0.4) is 0 Å². The van der Waals surface area contributed by atoms with E-state index in [1.807, 2.05) is 12.1 Å². The number of nitrogens with one attached hydrogen (secondary N) is 1. The topological polar surface area (TPSA) is 56.3 Å². The maximum Gasteiger partial charge on any atom is 0.266 e. The minimum absolute atomic E-state index is 0.151. The van der Waals surface area contributed by atoms with Gasteiger partial charge in [0.2, 0.25) is 0 Å². The molecule has 170 valence electrons. The van der Waals surface area contributed by atoms with Crippen molar-refractivity contribution in [3.63, 3.8) is 0 Å². The predicted molar refractivity (Wildman–Crippen MR) is 117 cm³/mol. The van der Waals surface area contributed by atoms with E-state index in [1.54, 1.807) is 21.0 Å². The second kappa shape index (κ2) is 9.32. The Hall–Kier alpha value is -2.87. The van der Waals surface area contributed by atoms with Crippen LogP contribution in [0.25, 0.3) is 10.9 Å². The Bertz CT molecular complexity index is 1120. The number of rotatable bonds is 6. The summed E-state index contributed by atoms with van der Waals surface area (Å²) in [6.07, 6.45) is -1.06. The number of methoxy groups -OCH3 is 1. The number of aromatic nitrogens is 2. The normalized spacial score (nSPS) is 15.8. The van der Waals surface area contributed by atoms with Crippen molar-refractivity contribution in [2.75, 3.05) is 25.6 Å². The van der Waals surface area contributed by atoms with Crippen molar-refractivity contribution >= 4 is 16.7 Å². The van der Waals surface area contributed by atoms with E-state index in [4.69, 9.17) is 9.47 Å². The number of benzene rings is 2. The molecular formula is C24H26F3N3O2. The van der Waals surface area contributed by atoms with Crippen LogP contribution in [0.4, 0.5) is 19.0 Å². The van der Waals surface area contributed by atoms with Crippen LogP contribution < -0.4 is 10.1 Å². The average Bonchev–Trinajstić information content (AvgIpc) is 2.78. The first-order valence-electron chi connectivity index (χ1n) is 10.7. The van der Waals surface area contributed by atoms with Gasteiger partial charge in [-0.15, -0.1) is 0 Å². The summed E-state index contributed by atoms with van der Waals surface area (Å²) >= 11 is 0. The van der Waals surface area contributed by atoms with Gasteiger partial charge in [0.05, 0.1) is 24.2 Å². The Morgan fingerprint density at radius 3 is 2.53 bits per heavy atom. The third-order valence-corrected chi connectivity index (χ3v) is 5.93. The van der Waals surface area contributed by atoms with Crippen molar-refractivity contribution in [2.24, 2.45) is 0 Å². The highest BCUT2D eigenvalue weighted by atomic mass is 19.3. The first-order valence-corrected chi connectivity index (χ1v) is 10.7. The molecule has 4 rings (SSSR count). The van der Waals surface area contributed by atoms with Crippen molar-refractivity contribution < 1.29 is 22.6 Å². The van der Waals surface area contributed by atoms with Crippen LogP contribution in [0, 0.1) is 12.7 Å². The molecule has 1 aliphatic heterocycles. The second-order valence-corrected chi connectivity index (χ2v) is 8.03. The van der Waals surface area contributed by atoms with E-state index in [2.05, 4.69) is 15.3 Å². The molecule has 8 heteroatoms. The van der Waals surface area contributed by atoms with Crippen LogP contribution in [-0.4, -0.2) is 30.3 Å². The fourth-order valence-corrected chi connectivity index (χ4v) is 4.26. The van der Waals surface area contributed by atoms with Crippen molar-refractivity contribution in [1.29, 1.82) is 0 Å². The largest absolute Gasteiger partial charge is 0.496 e. The lowest BCUT2D eigenvalue weighted by Gasteiger charge is -2.25. The number of aryl methyl sites for hydroxylation is 1. The molecule has 1 saturated heterocycles. The van der Waals surface area contributed by atoms with Gasteiger partial charge < -0.3 is 14.8 Å². The van der Waals surface area contributed by atoms with Gasteiger partial charge >= 0.3 is 0 Å². The summed E-state index contributed by atoms with van der Waals surface area (Å²) < 4.78 is 52.1. The third-order valence-electron chi connectivity index (χ3n) is 5.93. The van der Waals surface area contributed by atoms with Gasteiger partial charge in [-0.1, -0.05) is 18.2 Å². The van der Waals surface area contributed by atoms with Gasteiger partial charge in [-0.3, -0.25) is 0 Å². The molecule has 1 atom stereocenters. The zero-order valence-electron chi connectivity index (χ0n) is 18.3. The Balaban J connectivity index is 1.74. The van der Waals surface area contributed by atoms with Gasteiger partial charge in [0, 0.05) is 24.2 Å². The number of hydrogen-bond donors (Lipinski definition) is 1. The van der Waals surface area contributed by atoms with E-state index in [9.17, 15) is 13.2 Å². The Labute approximate surface area is 185 Å². The van der Waals surface area contributed by atoms with Gasteiger partial charge in [0.25, 0.3) is 6.43 Å². The number of alkyl halides is 2. The summed E-state index contributed by atoms with van der Waals surface area (Å²) in [5.74, 6) is 1.20. The number of nitrogens with zero attached hydrogens (tertiary/aromatic N) is 2.